The molecule has 2 aliphatic rings. The number of hydrogen-bond acceptors (Lipinski definition) is 2. The highest BCUT2D eigenvalue weighted by Gasteiger charge is 2.31. The summed E-state index contributed by atoms with van der Waals surface area (Å²) in [6.07, 6.45) is 1.14. The number of amidine groups is 1. The molecule has 1 saturated heterocycles. The van der Waals surface area contributed by atoms with Crippen molar-refractivity contribution in [2.45, 2.75) is 19.0 Å². The van der Waals surface area contributed by atoms with Gasteiger partial charge in [0, 0.05) is 23.9 Å². The van der Waals surface area contributed by atoms with E-state index < -0.39 is 0 Å². The number of nitrogens with one attached hydrogen (secondary N) is 1. The molecule has 1 aromatic carbocycles. The van der Waals surface area contributed by atoms with Crippen molar-refractivity contribution in [1.82, 2.24) is 4.90 Å². The van der Waals surface area contributed by atoms with Crippen LogP contribution in [0.1, 0.15) is 17.5 Å². The highest BCUT2D eigenvalue weighted by molar-refractivity contribution is 7.99. The largest absolute Gasteiger partial charge is 0.348 e. The number of halogens is 1. The Kier molecular flexibility index (Phi) is 2.39. The van der Waals surface area contributed by atoms with Crippen molar-refractivity contribution in [3.8, 4) is 0 Å². The van der Waals surface area contributed by atoms with Gasteiger partial charge < -0.3 is 4.90 Å². The zero-order valence-electron chi connectivity index (χ0n) is 8.87. The van der Waals surface area contributed by atoms with E-state index in [-0.39, 0.29) is 5.82 Å². The molecule has 4 heteroatoms. The van der Waals surface area contributed by atoms with Crippen molar-refractivity contribution in [3.05, 3.63) is 35.1 Å². The fourth-order valence-electron chi connectivity index (χ4n) is 2.40. The second-order valence-corrected chi connectivity index (χ2v) is 5.45. The molecule has 2 nitrogen and oxygen atoms in total. The topological polar surface area (TPSA) is 27.1 Å². The van der Waals surface area contributed by atoms with Gasteiger partial charge in [-0.1, -0.05) is 6.07 Å². The van der Waals surface area contributed by atoms with Crippen LogP contribution in [0.5, 0.6) is 0 Å². The van der Waals surface area contributed by atoms with Crippen LogP contribution in [-0.4, -0.2) is 28.3 Å². The molecule has 0 spiro atoms. The van der Waals surface area contributed by atoms with Crippen LogP contribution in [0.4, 0.5) is 4.39 Å². The third-order valence-electron chi connectivity index (χ3n) is 3.30. The van der Waals surface area contributed by atoms with Crippen LogP contribution in [0.15, 0.2) is 18.2 Å². The van der Waals surface area contributed by atoms with E-state index in [0.717, 1.165) is 29.8 Å². The van der Waals surface area contributed by atoms with Crippen LogP contribution in [-0.2, 0) is 6.54 Å². The Balaban J connectivity index is 1.91. The van der Waals surface area contributed by atoms with Crippen molar-refractivity contribution in [2.24, 2.45) is 0 Å². The smallest absolute Gasteiger partial charge is 0.129 e. The van der Waals surface area contributed by atoms with Gasteiger partial charge in [0.2, 0.25) is 0 Å². The number of rotatable bonds is 1. The lowest BCUT2D eigenvalue weighted by Crippen LogP contribution is -2.35. The van der Waals surface area contributed by atoms with E-state index in [4.69, 9.17) is 5.41 Å². The molecule has 0 bridgehead atoms. The van der Waals surface area contributed by atoms with Gasteiger partial charge in [-0.15, -0.1) is 0 Å². The minimum absolute atomic E-state index is 0.244. The molecular weight excluding hydrogens is 223 g/mol. The number of hydrogen-bond donors (Lipinski definition) is 1. The Hall–Kier alpha value is -1.03. The van der Waals surface area contributed by atoms with Gasteiger partial charge in [-0.3, -0.25) is 5.41 Å². The normalized spacial score (nSPS) is 23.9. The first-order chi connectivity index (χ1) is 7.75. The molecule has 1 N–H and O–H groups in total. The fourth-order valence-corrected chi connectivity index (χ4v) is 3.63. The van der Waals surface area contributed by atoms with E-state index in [0.29, 0.717) is 11.9 Å². The van der Waals surface area contributed by atoms with Gasteiger partial charge >= 0.3 is 0 Å². The fraction of sp³-hybridized carbons (Fsp3) is 0.417. The summed E-state index contributed by atoms with van der Waals surface area (Å²) in [5, 5.41) is 8.10. The Morgan fingerprint density at radius 3 is 3.06 bits per heavy atom. The van der Waals surface area contributed by atoms with E-state index in [2.05, 4.69) is 4.90 Å². The summed E-state index contributed by atoms with van der Waals surface area (Å²) in [4.78, 5) is 2.12. The summed E-state index contributed by atoms with van der Waals surface area (Å²) < 4.78 is 13.1. The molecule has 1 unspecified atom stereocenters. The summed E-state index contributed by atoms with van der Waals surface area (Å²) in [6, 6.07) is 5.24. The summed E-state index contributed by atoms with van der Waals surface area (Å²) in [5.41, 5.74) is 1.86. The van der Waals surface area contributed by atoms with Crippen molar-refractivity contribution in [1.29, 1.82) is 5.41 Å². The first-order valence-corrected chi connectivity index (χ1v) is 6.63. The van der Waals surface area contributed by atoms with E-state index in [1.165, 1.54) is 17.9 Å². The third-order valence-corrected chi connectivity index (χ3v) is 4.45. The van der Waals surface area contributed by atoms with E-state index in [1.54, 1.807) is 6.07 Å². The summed E-state index contributed by atoms with van der Waals surface area (Å²) in [5.74, 6) is 2.53. The number of nitrogens with zero attached hydrogens (tertiary/aromatic N) is 1. The molecule has 1 aromatic rings. The Morgan fingerprint density at radius 1 is 1.44 bits per heavy atom. The number of fused-ring (bicyclic) bond motifs is 1. The van der Waals surface area contributed by atoms with Crippen LogP contribution in [0.3, 0.4) is 0 Å². The first kappa shape index (κ1) is 10.1. The van der Waals surface area contributed by atoms with Crippen molar-refractivity contribution < 1.29 is 4.39 Å². The summed E-state index contributed by atoms with van der Waals surface area (Å²) in [7, 11) is 0. The zero-order chi connectivity index (χ0) is 11.1. The lowest BCUT2D eigenvalue weighted by molar-refractivity contribution is 0.340. The highest BCUT2D eigenvalue weighted by atomic mass is 32.2. The van der Waals surface area contributed by atoms with Gasteiger partial charge in [0.1, 0.15) is 11.7 Å². The molecule has 2 aliphatic heterocycles. The van der Waals surface area contributed by atoms with Gasteiger partial charge in [0.25, 0.3) is 0 Å². The number of thioether (sulfide) groups is 1. The molecule has 3 rings (SSSR count). The lowest BCUT2D eigenvalue weighted by Gasteiger charge is -2.24. The first-order valence-electron chi connectivity index (χ1n) is 5.47. The maximum absolute atomic E-state index is 13.1. The van der Waals surface area contributed by atoms with Crippen LogP contribution in [0.25, 0.3) is 0 Å². The van der Waals surface area contributed by atoms with Crippen LogP contribution in [0.2, 0.25) is 0 Å². The summed E-state index contributed by atoms with van der Waals surface area (Å²) >= 11 is 1.94. The van der Waals surface area contributed by atoms with Gasteiger partial charge in [0.05, 0.1) is 0 Å². The average molecular weight is 236 g/mol. The van der Waals surface area contributed by atoms with Crippen molar-refractivity contribution in [2.75, 3.05) is 11.5 Å². The third kappa shape index (κ3) is 1.52. The number of benzene rings is 1. The lowest BCUT2D eigenvalue weighted by atomic mass is 10.1. The minimum Gasteiger partial charge on any atom is -0.348 e. The van der Waals surface area contributed by atoms with Crippen LogP contribution in [0, 0.1) is 11.2 Å². The zero-order valence-corrected chi connectivity index (χ0v) is 9.69. The Labute approximate surface area is 98.3 Å². The van der Waals surface area contributed by atoms with Gasteiger partial charge in [-0.2, -0.15) is 11.8 Å². The maximum Gasteiger partial charge on any atom is 0.129 e. The molecule has 16 heavy (non-hydrogen) atoms. The molecule has 0 aliphatic carbocycles. The minimum atomic E-state index is -0.244. The summed E-state index contributed by atoms with van der Waals surface area (Å²) in [6.45, 7) is 0.777. The predicted octanol–water partition coefficient (Wildman–Crippen LogP) is 2.47. The van der Waals surface area contributed by atoms with Gasteiger partial charge in [-0.05, 0) is 29.9 Å². The molecule has 0 saturated carbocycles. The standard InChI is InChI=1S/C12H13FN2S/c13-9-2-1-8-6-15(10-3-4-16-7-10)12(14)11(8)5-9/h1-2,5,10,14H,3-4,6-7H2. The maximum atomic E-state index is 13.1. The average Bonchev–Trinajstić information content (AvgIpc) is 2.87. The van der Waals surface area contributed by atoms with E-state index in [1.807, 2.05) is 11.8 Å². The predicted molar refractivity (Wildman–Crippen MR) is 64.5 cm³/mol. The Morgan fingerprint density at radius 2 is 2.31 bits per heavy atom. The molecule has 84 valence electrons. The molecule has 2 heterocycles. The van der Waals surface area contributed by atoms with Gasteiger partial charge in [0.15, 0.2) is 0 Å². The molecule has 1 fully saturated rings. The van der Waals surface area contributed by atoms with Gasteiger partial charge in [-0.25, -0.2) is 4.39 Å². The molecule has 0 aromatic heterocycles. The molecule has 0 amide bonds. The van der Waals surface area contributed by atoms with E-state index in [9.17, 15) is 4.39 Å². The highest BCUT2D eigenvalue weighted by Crippen LogP contribution is 2.30. The molecule has 1 atom stereocenters. The SMILES string of the molecule is N=C1c2cc(F)ccc2CN1C1CCSC1. The van der Waals surface area contributed by atoms with Crippen LogP contribution >= 0.6 is 11.8 Å². The van der Waals surface area contributed by atoms with E-state index >= 15 is 0 Å². The second-order valence-electron chi connectivity index (χ2n) is 4.30. The molecule has 0 radical (unpaired) electrons. The second kappa shape index (κ2) is 3.77. The monoisotopic (exact) mass is 236 g/mol. The van der Waals surface area contributed by atoms with Crippen molar-refractivity contribution in [3.63, 3.8) is 0 Å². The Bertz CT molecular complexity index is 441. The van der Waals surface area contributed by atoms with Crippen LogP contribution < -0.4 is 0 Å². The van der Waals surface area contributed by atoms with Crippen molar-refractivity contribution >= 4 is 17.6 Å². The molecular formula is C12H13FN2S. The quantitative estimate of drug-likeness (QED) is 0.811.